The summed E-state index contributed by atoms with van der Waals surface area (Å²) in [6.07, 6.45) is -3.16. The van der Waals surface area contributed by atoms with E-state index in [9.17, 15) is 13.2 Å². The number of aliphatic imine (C=N–C) groups is 1. The van der Waals surface area contributed by atoms with Crippen LogP contribution in [0.5, 0.6) is 0 Å². The highest BCUT2D eigenvalue weighted by molar-refractivity contribution is 14.0. The second kappa shape index (κ2) is 6.73. The second-order valence-electron chi connectivity index (χ2n) is 4.91. The molecule has 0 spiro atoms. The SMILES string of the molecule is I.NC(=NCC1(C(F)(F)F)CCC1)N1CCSCC1. The van der Waals surface area contributed by atoms with Crippen molar-refractivity contribution in [1.29, 1.82) is 0 Å². The van der Waals surface area contributed by atoms with Gasteiger partial charge in [0.25, 0.3) is 0 Å². The number of hydrogen-bond acceptors (Lipinski definition) is 2. The van der Waals surface area contributed by atoms with Crippen LogP contribution in [0.1, 0.15) is 19.3 Å². The molecule has 1 heterocycles. The highest BCUT2D eigenvalue weighted by Crippen LogP contribution is 2.53. The molecular weight excluding hydrogens is 390 g/mol. The van der Waals surface area contributed by atoms with Crippen LogP contribution in [0.15, 0.2) is 4.99 Å². The fourth-order valence-corrected chi connectivity index (χ4v) is 3.16. The largest absolute Gasteiger partial charge is 0.396 e. The number of nitrogens with two attached hydrogens (primary N) is 1. The number of nitrogens with zero attached hydrogens (tertiary/aromatic N) is 2. The molecule has 0 amide bonds. The van der Waals surface area contributed by atoms with Gasteiger partial charge in [-0.2, -0.15) is 24.9 Å². The Morgan fingerprint density at radius 1 is 1.26 bits per heavy atom. The molecule has 0 radical (unpaired) electrons. The van der Waals surface area contributed by atoms with Crippen molar-refractivity contribution in [3.05, 3.63) is 0 Å². The van der Waals surface area contributed by atoms with E-state index in [1.54, 1.807) is 0 Å². The van der Waals surface area contributed by atoms with Gasteiger partial charge in [0, 0.05) is 24.6 Å². The van der Waals surface area contributed by atoms with Crippen LogP contribution >= 0.6 is 35.7 Å². The first-order chi connectivity index (χ1) is 8.45. The quantitative estimate of drug-likeness (QED) is 0.433. The average Bonchev–Trinajstić information content (AvgIpc) is 2.26. The highest BCUT2D eigenvalue weighted by atomic mass is 127. The van der Waals surface area contributed by atoms with Crippen LogP contribution in [0, 0.1) is 5.41 Å². The van der Waals surface area contributed by atoms with Crippen molar-refractivity contribution >= 4 is 41.7 Å². The zero-order valence-corrected chi connectivity index (χ0v) is 13.7. The summed E-state index contributed by atoms with van der Waals surface area (Å²) < 4.78 is 38.8. The van der Waals surface area contributed by atoms with E-state index in [4.69, 9.17) is 5.73 Å². The highest BCUT2D eigenvalue weighted by Gasteiger charge is 2.58. The van der Waals surface area contributed by atoms with Crippen LogP contribution < -0.4 is 5.73 Å². The van der Waals surface area contributed by atoms with Crippen molar-refractivity contribution in [2.75, 3.05) is 31.1 Å². The third-order valence-corrected chi connectivity index (χ3v) is 4.73. The van der Waals surface area contributed by atoms with Crippen LogP contribution in [-0.4, -0.2) is 48.2 Å². The molecule has 2 aliphatic rings. The van der Waals surface area contributed by atoms with Crippen molar-refractivity contribution in [3.8, 4) is 0 Å². The Balaban J connectivity index is 0.00000180. The molecule has 2 rings (SSSR count). The lowest BCUT2D eigenvalue weighted by atomic mass is 9.68. The lowest BCUT2D eigenvalue weighted by molar-refractivity contribution is -0.246. The van der Waals surface area contributed by atoms with Crippen molar-refractivity contribution in [2.24, 2.45) is 16.1 Å². The molecule has 3 nitrogen and oxygen atoms in total. The molecule has 1 aliphatic carbocycles. The van der Waals surface area contributed by atoms with E-state index >= 15 is 0 Å². The minimum absolute atomic E-state index is 0. The van der Waals surface area contributed by atoms with Crippen LogP contribution in [0.3, 0.4) is 0 Å². The van der Waals surface area contributed by atoms with Crippen molar-refractivity contribution in [1.82, 2.24) is 4.90 Å². The summed E-state index contributed by atoms with van der Waals surface area (Å²) in [7, 11) is 0. The molecule has 0 atom stereocenters. The molecular formula is C11H19F3IN3S. The Morgan fingerprint density at radius 2 is 1.84 bits per heavy atom. The van der Waals surface area contributed by atoms with Gasteiger partial charge in [-0.25, -0.2) is 0 Å². The predicted molar refractivity (Wildman–Crippen MR) is 83.1 cm³/mol. The maximum absolute atomic E-state index is 12.9. The molecule has 2 fully saturated rings. The summed E-state index contributed by atoms with van der Waals surface area (Å²) in [5.41, 5.74) is 4.17. The third-order valence-electron chi connectivity index (χ3n) is 3.79. The second-order valence-corrected chi connectivity index (χ2v) is 6.13. The number of alkyl halides is 3. The van der Waals surface area contributed by atoms with Gasteiger partial charge in [-0.15, -0.1) is 24.0 Å². The minimum Gasteiger partial charge on any atom is -0.370 e. The van der Waals surface area contributed by atoms with Gasteiger partial charge in [-0.3, -0.25) is 4.99 Å². The fourth-order valence-electron chi connectivity index (χ4n) is 2.26. The Labute approximate surface area is 132 Å². The van der Waals surface area contributed by atoms with Gasteiger partial charge in [0.2, 0.25) is 0 Å². The minimum atomic E-state index is -4.16. The van der Waals surface area contributed by atoms with E-state index in [-0.39, 0.29) is 49.3 Å². The van der Waals surface area contributed by atoms with E-state index in [0.29, 0.717) is 6.42 Å². The Bertz CT molecular complexity index is 326. The summed E-state index contributed by atoms with van der Waals surface area (Å²) in [5, 5.41) is 0. The summed E-state index contributed by atoms with van der Waals surface area (Å²) in [5.74, 6) is 2.19. The number of rotatable bonds is 2. The Morgan fingerprint density at radius 3 is 2.26 bits per heavy atom. The topological polar surface area (TPSA) is 41.6 Å². The maximum Gasteiger partial charge on any atom is 0.396 e. The van der Waals surface area contributed by atoms with Crippen molar-refractivity contribution in [3.63, 3.8) is 0 Å². The van der Waals surface area contributed by atoms with E-state index in [1.807, 2.05) is 16.7 Å². The van der Waals surface area contributed by atoms with Gasteiger partial charge >= 0.3 is 6.18 Å². The van der Waals surface area contributed by atoms with Gasteiger partial charge in [0.15, 0.2) is 5.96 Å². The third kappa shape index (κ3) is 3.83. The summed E-state index contributed by atoms with van der Waals surface area (Å²) >= 11 is 1.83. The normalized spacial score (nSPS) is 23.5. The lowest BCUT2D eigenvalue weighted by Crippen LogP contribution is -2.48. The van der Waals surface area contributed by atoms with Crippen molar-refractivity contribution < 1.29 is 13.2 Å². The predicted octanol–water partition coefficient (Wildman–Crippen LogP) is 2.70. The molecule has 1 saturated heterocycles. The molecule has 0 aromatic rings. The molecule has 2 N–H and O–H groups in total. The fraction of sp³-hybridized carbons (Fsp3) is 0.909. The zero-order valence-electron chi connectivity index (χ0n) is 10.6. The zero-order chi connectivity index (χ0) is 13.2. The summed E-state index contributed by atoms with van der Waals surface area (Å²) in [4.78, 5) is 5.87. The Hall–Kier alpha value is 0.140. The van der Waals surface area contributed by atoms with E-state index < -0.39 is 11.6 Å². The van der Waals surface area contributed by atoms with Gasteiger partial charge in [-0.05, 0) is 12.8 Å². The molecule has 19 heavy (non-hydrogen) atoms. The first-order valence-electron chi connectivity index (χ1n) is 6.14. The first kappa shape index (κ1) is 17.2. The lowest BCUT2D eigenvalue weighted by Gasteiger charge is -2.42. The molecule has 1 saturated carbocycles. The number of hydrogen-bond donors (Lipinski definition) is 1. The van der Waals surface area contributed by atoms with E-state index in [1.165, 1.54) is 0 Å². The molecule has 112 valence electrons. The van der Waals surface area contributed by atoms with Gasteiger partial charge in [-0.1, -0.05) is 6.42 Å². The van der Waals surface area contributed by atoms with E-state index in [2.05, 4.69) is 4.99 Å². The van der Waals surface area contributed by atoms with Gasteiger partial charge in [0.05, 0.1) is 12.0 Å². The number of halogens is 4. The van der Waals surface area contributed by atoms with E-state index in [0.717, 1.165) is 24.6 Å². The van der Waals surface area contributed by atoms with Crippen LogP contribution in [0.2, 0.25) is 0 Å². The van der Waals surface area contributed by atoms with Crippen LogP contribution in [0.4, 0.5) is 13.2 Å². The molecule has 1 aliphatic heterocycles. The smallest absolute Gasteiger partial charge is 0.370 e. The van der Waals surface area contributed by atoms with Crippen LogP contribution in [-0.2, 0) is 0 Å². The van der Waals surface area contributed by atoms with Gasteiger partial charge in [0.1, 0.15) is 0 Å². The standard InChI is InChI=1S/C11H18F3N3S.HI/c12-11(13,14)10(2-1-3-10)8-16-9(15)17-4-6-18-7-5-17;/h1-8H2,(H2,15,16);1H. The molecule has 0 aromatic heterocycles. The van der Waals surface area contributed by atoms with Gasteiger partial charge < -0.3 is 10.6 Å². The molecule has 0 aromatic carbocycles. The maximum atomic E-state index is 12.9. The number of guanidine groups is 1. The Kier molecular flexibility index (Phi) is 6.09. The van der Waals surface area contributed by atoms with Crippen LogP contribution in [0.25, 0.3) is 0 Å². The first-order valence-corrected chi connectivity index (χ1v) is 7.29. The summed E-state index contributed by atoms with van der Waals surface area (Å²) in [6.45, 7) is 1.34. The average molecular weight is 409 g/mol. The molecule has 8 heteroatoms. The molecule has 0 bridgehead atoms. The van der Waals surface area contributed by atoms with Crippen molar-refractivity contribution in [2.45, 2.75) is 25.4 Å². The molecule has 0 unspecified atom stereocenters. The monoisotopic (exact) mass is 409 g/mol. The number of thioether (sulfide) groups is 1. The summed E-state index contributed by atoms with van der Waals surface area (Å²) in [6, 6.07) is 0.